The molecule has 3 nitrogen and oxygen atoms in total. The highest BCUT2D eigenvalue weighted by atomic mass is 79.9. The van der Waals surface area contributed by atoms with Gasteiger partial charge in [-0.3, -0.25) is 4.98 Å². The van der Waals surface area contributed by atoms with Crippen molar-refractivity contribution in [1.29, 1.82) is 0 Å². The van der Waals surface area contributed by atoms with Gasteiger partial charge in [0.25, 0.3) is 0 Å². The highest BCUT2D eigenvalue weighted by molar-refractivity contribution is 9.10. The molecule has 0 atom stereocenters. The Kier molecular flexibility index (Phi) is 1.82. The Hall–Kier alpha value is -0.610. The van der Waals surface area contributed by atoms with Gasteiger partial charge in [0.15, 0.2) is 0 Å². The lowest BCUT2D eigenvalue weighted by Crippen LogP contribution is -2.66. The van der Waals surface area contributed by atoms with Crippen LogP contribution in [0, 0.1) is 5.41 Å². The third kappa shape index (κ3) is 1.25. The number of hydrogen-bond acceptors (Lipinski definition) is 3. The van der Waals surface area contributed by atoms with Gasteiger partial charge < -0.3 is 9.64 Å². The summed E-state index contributed by atoms with van der Waals surface area (Å²) in [6.07, 6.45) is 3.72. The van der Waals surface area contributed by atoms with Crippen LogP contribution in [0.4, 0.5) is 5.69 Å². The number of ether oxygens (including phenoxy) is 1. The van der Waals surface area contributed by atoms with Gasteiger partial charge in [0, 0.05) is 23.8 Å². The summed E-state index contributed by atoms with van der Waals surface area (Å²) >= 11 is 3.43. The van der Waals surface area contributed by atoms with Gasteiger partial charge >= 0.3 is 0 Å². The largest absolute Gasteiger partial charge is 0.380 e. The highest BCUT2D eigenvalue weighted by Crippen LogP contribution is 2.40. The minimum Gasteiger partial charge on any atom is -0.380 e. The summed E-state index contributed by atoms with van der Waals surface area (Å²) in [4.78, 5) is 6.51. The van der Waals surface area contributed by atoms with E-state index in [0.29, 0.717) is 5.41 Å². The third-order valence-corrected chi connectivity index (χ3v) is 3.36. The summed E-state index contributed by atoms with van der Waals surface area (Å²) in [5.41, 5.74) is 1.68. The number of hydrogen-bond donors (Lipinski definition) is 0. The van der Waals surface area contributed by atoms with E-state index in [9.17, 15) is 0 Å². The summed E-state index contributed by atoms with van der Waals surface area (Å²) in [5.74, 6) is 0. The summed E-state index contributed by atoms with van der Waals surface area (Å²) in [6, 6.07) is 2.11. The Morgan fingerprint density at radius 1 is 1.36 bits per heavy atom. The fraction of sp³-hybridized carbons (Fsp3) is 0.500. The molecule has 2 fully saturated rings. The second-order valence-corrected chi connectivity index (χ2v) is 5.13. The molecule has 0 aromatic carbocycles. The van der Waals surface area contributed by atoms with Crippen LogP contribution >= 0.6 is 15.9 Å². The molecule has 0 saturated carbocycles. The molecule has 2 saturated heterocycles. The number of halogens is 1. The maximum atomic E-state index is 5.24. The molecular weight excluding hydrogens is 244 g/mol. The maximum absolute atomic E-state index is 5.24. The Balaban J connectivity index is 1.73. The van der Waals surface area contributed by atoms with Crippen LogP contribution in [-0.2, 0) is 4.74 Å². The zero-order valence-electron chi connectivity index (χ0n) is 7.74. The molecule has 74 valence electrons. The molecule has 2 aliphatic rings. The number of pyridine rings is 1. The van der Waals surface area contributed by atoms with E-state index in [-0.39, 0.29) is 0 Å². The predicted octanol–water partition coefficient (Wildman–Crippen LogP) is 1.68. The first-order chi connectivity index (χ1) is 6.77. The normalized spacial score (nSPS) is 23.1. The third-order valence-electron chi connectivity index (χ3n) is 2.92. The second kappa shape index (κ2) is 2.94. The average molecular weight is 255 g/mol. The molecule has 0 amide bonds. The molecular formula is C10H11BrN2O. The van der Waals surface area contributed by atoms with Crippen molar-refractivity contribution in [3.8, 4) is 0 Å². The van der Waals surface area contributed by atoms with Crippen molar-refractivity contribution in [3.05, 3.63) is 22.9 Å². The Morgan fingerprint density at radius 3 is 2.71 bits per heavy atom. The first-order valence-corrected chi connectivity index (χ1v) is 5.50. The number of anilines is 1. The topological polar surface area (TPSA) is 25.4 Å². The van der Waals surface area contributed by atoms with Crippen LogP contribution in [0.3, 0.4) is 0 Å². The molecule has 2 aliphatic heterocycles. The molecule has 3 rings (SSSR count). The van der Waals surface area contributed by atoms with E-state index in [1.165, 1.54) is 5.69 Å². The maximum Gasteiger partial charge on any atom is 0.0579 e. The van der Waals surface area contributed by atoms with Crippen molar-refractivity contribution >= 4 is 21.6 Å². The molecule has 1 aromatic rings. The van der Waals surface area contributed by atoms with Crippen LogP contribution in [0.5, 0.6) is 0 Å². The zero-order valence-corrected chi connectivity index (χ0v) is 9.33. The molecule has 0 N–H and O–H groups in total. The summed E-state index contributed by atoms with van der Waals surface area (Å²) in [7, 11) is 0. The van der Waals surface area contributed by atoms with Crippen LogP contribution in [0.2, 0.25) is 0 Å². The van der Waals surface area contributed by atoms with Crippen molar-refractivity contribution in [2.24, 2.45) is 5.41 Å². The number of nitrogens with zero attached hydrogens (tertiary/aromatic N) is 2. The van der Waals surface area contributed by atoms with Gasteiger partial charge in [0.2, 0.25) is 0 Å². The number of aromatic nitrogens is 1. The van der Waals surface area contributed by atoms with Gasteiger partial charge in [0.1, 0.15) is 0 Å². The fourth-order valence-corrected chi connectivity index (χ4v) is 2.45. The molecule has 0 unspecified atom stereocenters. The van der Waals surface area contributed by atoms with E-state index >= 15 is 0 Å². The lowest BCUT2D eigenvalue weighted by molar-refractivity contribution is -0.127. The molecule has 0 aliphatic carbocycles. The smallest absolute Gasteiger partial charge is 0.0579 e. The van der Waals surface area contributed by atoms with Crippen LogP contribution in [-0.4, -0.2) is 31.3 Å². The van der Waals surface area contributed by atoms with Gasteiger partial charge in [0.05, 0.1) is 30.5 Å². The Labute approximate surface area is 91.2 Å². The van der Waals surface area contributed by atoms with Crippen molar-refractivity contribution in [3.63, 3.8) is 0 Å². The summed E-state index contributed by atoms with van der Waals surface area (Å²) in [6.45, 7) is 4.10. The van der Waals surface area contributed by atoms with Gasteiger partial charge in [-0.15, -0.1) is 0 Å². The minimum atomic E-state index is 0.475. The Morgan fingerprint density at radius 2 is 2.14 bits per heavy atom. The monoisotopic (exact) mass is 254 g/mol. The van der Waals surface area contributed by atoms with E-state index in [0.717, 1.165) is 30.8 Å². The van der Waals surface area contributed by atoms with Gasteiger partial charge in [-0.2, -0.15) is 0 Å². The molecule has 0 bridgehead atoms. The molecule has 3 heterocycles. The summed E-state index contributed by atoms with van der Waals surface area (Å²) < 4.78 is 6.28. The van der Waals surface area contributed by atoms with Gasteiger partial charge in [-0.25, -0.2) is 0 Å². The lowest BCUT2D eigenvalue weighted by atomic mass is 9.78. The summed E-state index contributed by atoms with van der Waals surface area (Å²) in [5, 5.41) is 0. The molecule has 14 heavy (non-hydrogen) atoms. The van der Waals surface area contributed by atoms with Crippen LogP contribution in [0.25, 0.3) is 0 Å². The van der Waals surface area contributed by atoms with E-state index in [1.807, 2.05) is 12.4 Å². The average Bonchev–Trinajstić information content (AvgIpc) is 1.98. The molecule has 4 heteroatoms. The zero-order chi connectivity index (χ0) is 9.60. The predicted molar refractivity (Wildman–Crippen MR) is 57.4 cm³/mol. The van der Waals surface area contributed by atoms with Crippen LogP contribution in [0.1, 0.15) is 0 Å². The Bertz CT molecular complexity index is 357. The van der Waals surface area contributed by atoms with Gasteiger partial charge in [-0.05, 0) is 22.0 Å². The van der Waals surface area contributed by atoms with Crippen molar-refractivity contribution in [1.82, 2.24) is 4.98 Å². The highest BCUT2D eigenvalue weighted by Gasteiger charge is 2.49. The van der Waals surface area contributed by atoms with Gasteiger partial charge in [-0.1, -0.05) is 0 Å². The number of rotatable bonds is 1. The van der Waals surface area contributed by atoms with E-state index in [2.05, 4.69) is 31.9 Å². The van der Waals surface area contributed by atoms with Crippen LogP contribution in [0.15, 0.2) is 22.9 Å². The fourth-order valence-electron chi connectivity index (χ4n) is 2.09. The lowest BCUT2D eigenvalue weighted by Gasteiger charge is -2.55. The van der Waals surface area contributed by atoms with Crippen molar-refractivity contribution in [2.45, 2.75) is 0 Å². The molecule has 1 spiro atoms. The minimum absolute atomic E-state index is 0.475. The van der Waals surface area contributed by atoms with E-state index < -0.39 is 0 Å². The first-order valence-electron chi connectivity index (χ1n) is 4.71. The molecule has 0 radical (unpaired) electrons. The first kappa shape index (κ1) is 8.68. The van der Waals surface area contributed by atoms with E-state index in [1.54, 1.807) is 0 Å². The SMILES string of the molecule is Brc1cncc(N2CC3(COC3)C2)c1. The van der Waals surface area contributed by atoms with E-state index in [4.69, 9.17) is 4.74 Å². The standard InChI is InChI=1S/C10H11BrN2O/c11-8-1-9(3-12-2-8)13-4-10(5-13)6-14-7-10/h1-3H,4-7H2. The quantitative estimate of drug-likeness (QED) is 0.763. The van der Waals surface area contributed by atoms with Crippen molar-refractivity contribution in [2.75, 3.05) is 31.2 Å². The van der Waals surface area contributed by atoms with Crippen LogP contribution < -0.4 is 4.90 Å². The molecule has 1 aromatic heterocycles. The van der Waals surface area contributed by atoms with Crippen molar-refractivity contribution < 1.29 is 4.74 Å². The second-order valence-electron chi connectivity index (χ2n) is 4.21.